The van der Waals surface area contributed by atoms with Gasteiger partial charge in [-0.3, -0.25) is 4.79 Å². The first kappa shape index (κ1) is 20.5. The first-order valence-electron chi connectivity index (χ1n) is 8.20. The summed E-state index contributed by atoms with van der Waals surface area (Å²) >= 11 is 0. The van der Waals surface area contributed by atoms with Crippen molar-refractivity contribution in [1.82, 2.24) is 0 Å². The van der Waals surface area contributed by atoms with E-state index in [1.54, 1.807) is 43.3 Å². The molecule has 2 rings (SSSR count). The summed E-state index contributed by atoms with van der Waals surface area (Å²) in [4.78, 5) is 35.3. The molecular formula is C20H18N2O6. The van der Waals surface area contributed by atoms with E-state index in [1.807, 2.05) is 6.07 Å². The Kier molecular flexibility index (Phi) is 7.11. The van der Waals surface area contributed by atoms with Crippen molar-refractivity contribution < 1.29 is 28.6 Å². The second-order valence-electron chi connectivity index (χ2n) is 5.65. The van der Waals surface area contributed by atoms with Gasteiger partial charge in [-0.05, 0) is 48.9 Å². The number of anilines is 1. The molecule has 0 bridgehead atoms. The molecule has 1 N–H and O–H groups in total. The number of nitrogens with one attached hydrogen (secondary N) is 1. The lowest BCUT2D eigenvalue weighted by molar-refractivity contribution is -0.149. The number of hydrogen-bond acceptors (Lipinski definition) is 7. The Morgan fingerprint density at radius 1 is 1.07 bits per heavy atom. The molecule has 0 saturated heterocycles. The molecule has 8 heteroatoms. The van der Waals surface area contributed by atoms with Gasteiger partial charge in [-0.15, -0.1) is 0 Å². The van der Waals surface area contributed by atoms with E-state index in [-0.39, 0.29) is 12.2 Å². The van der Waals surface area contributed by atoms with Crippen LogP contribution in [0.4, 0.5) is 5.69 Å². The minimum absolute atomic E-state index is 0.288. The van der Waals surface area contributed by atoms with Gasteiger partial charge in [0.2, 0.25) is 0 Å². The average Bonchev–Trinajstić information content (AvgIpc) is 2.72. The van der Waals surface area contributed by atoms with Gasteiger partial charge in [0.15, 0.2) is 13.2 Å². The number of esters is 2. The summed E-state index contributed by atoms with van der Waals surface area (Å²) in [5, 5.41) is 11.3. The number of ether oxygens (including phenoxy) is 3. The standard InChI is InChI=1S/C20H18N2O6/c1-13-3-6-15(20(25)26-2)9-17(13)22-18(23)11-28-19(24)12-27-16-7-4-14(10-21)5-8-16/h3-9H,11-12H2,1-2H3,(H,22,23). The number of aryl methyl sites for hydroxylation is 1. The minimum Gasteiger partial charge on any atom is -0.482 e. The number of nitrogens with zero attached hydrogens (tertiary/aromatic N) is 1. The molecular weight excluding hydrogens is 364 g/mol. The van der Waals surface area contributed by atoms with E-state index in [2.05, 4.69) is 10.1 Å². The quantitative estimate of drug-likeness (QED) is 0.730. The Hall–Kier alpha value is -3.86. The van der Waals surface area contributed by atoms with Gasteiger partial charge in [-0.25, -0.2) is 9.59 Å². The molecule has 0 heterocycles. The van der Waals surface area contributed by atoms with Crippen LogP contribution >= 0.6 is 0 Å². The molecule has 28 heavy (non-hydrogen) atoms. The maximum absolute atomic E-state index is 12.0. The topological polar surface area (TPSA) is 115 Å². The van der Waals surface area contributed by atoms with Crippen LogP contribution in [0.25, 0.3) is 0 Å². The molecule has 144 valence electrons. The second kappa shape index (κ2) is 9.73. The first-order chi connectivity index (χ1) is 13.4. The van der Waals surface area contributed by atoms with Crippen molar-refractivity contribution in [1.29, 1.82) is 5.26 Å². The molecule has 2 aromatic rings. The number of amides is 1. The summed E-state index contributed by atoms with van der Waals surface area (Å²) in [5.41, 5.74) is 1.91. The molecule has 2 aromatic carbocycles. The fraction of sp³-hybridized carbons (Fsp3) is 0.200. The van der Waals surface area contributed by atoms with Gasteiger partial charge >= 0.3 is 11.9 Å². The minimum atomic E-state index is -0.723. The summed E-state index contributed by atoms with van der Waals surface area (Å²) in [7, 11) is 1.26. The first-order valence-corrected chi connectivity index (χ1v) is 8.20. The summed E-state index contributed by atoms with van der Waals surface area (Å²) in [5.74, 6) is -1.41. The zero-order chi connectivity index (χ0) is 20.5. The van der Waals surface area contributed by atoms with Crippen LogP contribution in [0, 0.1) is 18.3 Å². The van der Waals surface area contributed by atoms with Gasteiger partial charge in [0.25, 0.3) is 5.91 Å². The number of hydrogen-bond donors (Lipinski definition) is 1. The van der Waals surface area contributed by atoms with Crippen molar-refractivity contribution in [2.45, 2.75) is 6.92 Å². The lowest BCUT2D eigenvalue weighted by Gasteiger charge is -2.11. The van der Waals surface area contributed by atoms with Crippen LogP contribution in [0.3, 0.4) is 0 Å². The van der Waals surface area contributed by atoms with Crippen molar-refractivity contribution in [2.24, 2.45) is 0 Å². The zero-order valence-electron chi connectivity index (χ0n) is 15.4. The maximum Gasteiger partial charge on any atom is 0.344 e. The van der Waals surface area contributed by atoms with E-state index in [0.717, 1.165) is 5.56 Å². The van der Waals surface area contributed by atoms with Crippen LogP contribution in [-0.4, -0.2) is 38.2 Å². The third kappa shape index (κ3) is 5.85. The molecule has 0 spiro atoms. The van der Waals surface area contributed by atoms with Crippen molar-refractivity contribution in [3.05, 3.63) is 59.2 Å². The van der Waals surface area contributed by atoms with Gasteiger partial charge in [0.1, 0.15) is 5.75 Å². The molecule has 8 nitrogen and oxygen atoms in total. The Labute approximate surface area is 161 Å². The van der Waals surface area contributed by atoms with Crippen LogP contribution in [-0.2, 0) is 19.1 Å². The number of carbonyl (C=O) groups is 3. The molecule has 0 atom stereocenters. The Morgan fingerprint density at radius 2 is 1.79 bits per heavy atom. The zero-order valence-corrected chi connectivity index (χ0v) is 15.4. The largest absolute Gasteiger partial charge is 0.482 e. The summed E-state index contributed by atoms with van der Waals surface area (Å²) in [6.07, 6.45) is 0. The van der Waals surface area contributed by atoms with E-state index < -0.39 is 24.5 Å². The highest BCUT2D eigenvalue weighted by Gasteiger charge is 2.12. The highest BCUT2D eigenvalue weighted by atomic mass is 16.6. The second-order valence-corrected chi connectivity index (χ2v) is 5.65. The monoisotopic (exact) mass is 382 g/mol. The number of benzene rings is 2. The predicted molar refractivity (Wildman–Crippen MR) is 98.8 cm³/mol. The molecule has 0 unspecified atom stereocenters. The molecule has 0 aromatic heterocycles. The summed E-state index contributed by atoms with van der Waals surface area (Å²) in [6, 6.07) is 12.9. The lowest BCUT2D eigenvalue weighted by Crippen LogP contribution is -2.24. The summed E-state index contributed by atoms with van der Waals surface area (Å²) in [6.45, 7) is 0.877. The van der Waals surface area contributed by atoms with Gasteiger partial charge in [-0.2, -0.15) is 5.26 Å². The molecule has 0 saturated carbocycles. The highest BCUT2D eigenvalue weighted by molar-refractivity contribution is 5.96. The van der Waals surface area contributed by atoms with Crippen LogP contribution in [0.5, 0.6) is 5.75 Å². The van der Waals surface area contributed by atoms with Gasteiger partial charge in [-0.1, -0.05) is 6.07 Å². The third-order valence-electron chi connectivity index (χ3n) is 3.64. The van der Waals surface area contributed by atoms with Crippen molar-refractivity contribution in [2.75, 3.05) is 25.6 Å². The maximum atomic E-state index is 12.0. The molecule has 0 aliphatic carbocycles. The Bertz CT molecular complexity index is 915. The molecule has 1 amide bonds. The van der Waals surface area contributed by atoms with Crippen molar-refractivity contribution in [3.8, 4) is 11.8 Å². The lowest BCUT2D eigenvalue weighted by atomic mass is 10.1. The average molecular weight is 382 g/mol. The predicted octanol–water partition coefficient (Wildman–Crippen LogP) is 2.21. The van der Waals surface area contributed by atoms with Crippen molar-refractivity contribution >= 4 is 23.5 Å². The molecule has 0 radical (unpaired) electrons. The van der Waals surface area contributed by atoms with E-state index in [9.17, 15) is 14.4 Å². The fourth-order valence-corrected chi connectivity index (χ4v) is 2.14. The number of carbonyl (C=O) groups excluding carboxylic acids is 3. The third-order valence-corrected chi connectivity index (χ3v) is 3.64. The molecule has 0 aliphatic rings. The molecule has 0 aliphatic heterocycles. The van der Waals surface area contributed by atoms with Crippen LogP contribution in [0.15, 0.2) is 42.5 Å². The number of methoxy groups -OCH3 is 1. The van der Waals surface area contributed by atoms with E-state index in [1.165, 1.54) is 13.2 Å². The Balaban J connectivity index is 1.82. The van der Waals surface area contributed by atoms with Crippen LogP contribution < -0.4 is 10.1 Å². The van der Waals surface area contributed by atoms with Gasteiger partial charge < -0.3 is 19.5 Å². The van der Waals surface area contributed by atoms with Crippen molar-refractivity contribution in [3.63, 3.8) is 0 Å². The van der Waals surface area contributed by atoms with Gasteiger partial charge in [0.05, 0.1) is 24.3 Å². The summed E-state index contributed by atoms with van der Waals surface area (Å²) < 4.78 is 14.7. The van der Waals surface area contributed by atoms with E-state index in [4.69, 9.17) is 14.7 Å². The SMILES string of the molecule is COC(=O)c1ccc(C)c(NC(=O)COC(=O)COc2ccc(C#N)cc2)c1. The van der Waals surface area contributed by atoms with E-state index >= 15 is 0 Å². The normalized spacial score (nSPS) is 9.75. The van der Waals surface area contributed by atoms with E-state index in [0.29, 0.717) is 17.0 Å². The number of rotatable bonds is 7. The smallest absolute Gasteiger partial charge is 0.344 e. The fourth-order valence-electron chi connectivity index (χ4n) is 2.14. The van der Waals surface area contributed by atoms with Gasteiger partial charge in [0, 0.05) is 5.69 Å². The Morgan fingerprint density at radius 3 is 2.43 bits per heavy atom. The number of nitriles is 1. The molecule has 0 fully saturated rings. The van der Waals surface area contributed by atoms with Crippen LogP contribution in [0.2, 0.25) is 0 Å². The highest BCUT2D eigenvalue weighted by Crippen LogP contribution is 2.17. The van der Waals surface area contributed by atoms with Crippen LogP contribution in [0.1, 0.15) is 21.5 Å².